The summed E-state index contributed by atoms with van der Waals surface area (Å²) in [5, 5.41) is 11.8. The molecule has 0 atom stereocenters. The molecule has 1 aromatic carbocycles. The summed E-state index contributed by atoms with van der Waals surface area (Å²) in [6, 6.07) is 5.09. The average molecular weight is 509 g/mol. The minimum absolute atomic E-state index is 0.0345. The van der Waals surface area contributed by atoms with Gasteiger partial charge in [0.15, 0.2) is 5.82 Å². The van der Waals surface area contributed by atoms with Crippen molar-refractivity contribution in [3.8, 4) is 0 Å². The van der Waals surface area contributed by atoms with Crippen LogP contribution in [0.1, 0.15) is 42.1 Å². The highest BCUT2D eigenvalue weighted by Crippen LogP contribution is 2.45. The van der Waals surface area contributed by atoms with Crippen molar-refractivity contribution in [3.63, 3.8) is 0 Å². The predicted molar refractivity (Wildman–Crippen MR) is 116 cm³/mol. The number of carbonyl (C=O) groups is 1. The molecule has 0 bridgehead atoms. The van der Waals surface area contributed by atoms with Crippen LogP contribution in [0.15, 0.2) is 24.4 Å². The van der Waals surface area contributed by atoms with E-state index in [9.17, 15) is 13.6 Å². The van der Waals surface area contributed by atoms with E-state index >= 15 is 0 Å². The Morgan fingerprint density at radius 2 is 1.90 bits per heavy atom. The van der Waals surface area contributed by atoms with Crippen molar-refractivity contribution in [2.24, 2.45) is 0 Å². The van der Waals surface area contributed by atoms with Gasteiger partial charge in [0.2, 0.25) is 5.91 Å². The Labute approximate surface area is 196 Å². The van der Waals surface area contributed by atoms with Gasteiger partial charge >= 0.3 is 0 Å². The molecule has 1 N–H and O–H groups in total. The summed E-state index contributed by atoms with van der Waals surface area (Å²) in [6.07, 6.45) is 0.356. The number of nitrogens with one attached hydrogen (secondary N) is 1. The first-order valence-electron chi connectivity index (χ1n) is 9.24. The lowest BCUT2D eigenvalue weighted by Gasteiger charge is -2.07. The molecule has 0 spiro atoms. The fourth-order valence-corrected chi connectivity index (χ4v) is 4.21. The summed E-state index contributed by atoms with van der Waals surface area (Å²) < 4.78 is 29.1. The van der Waals surface area contributed by atoms with Gasteiger partial charge in [-0.25, -0.2) is 8.78 Å². The molecule has 6 nitrogen and oxygen atoms in total. The fraction of sp³-hybridized carbons (Fsp3) is 0.316. The van der Waals surface area contributed by atoms with Crippen molar-refractivity contribution in [2.45, 2.75) is 38.3 Å². The van der Waals surface area contributed by atoms with Crippen molar-refractivity contribution in [2.75, 3.05) is 5.32 Å². The molecule has 1 aliphatic carbocycles. The molecular formula is C19H15Cl4F2N5O. The quantitative estimate of drug-likeness (QED) is 0.413. The molecule has 1 amide bonds. The van der Waals surface area contributed by atoms with Crippen LogP contribution in [0, 0.1) is 0 Å². The molecule has 0 unspecified atom stereocenters. The maximum atomic E-state index is 13.2. The molecule has 1 saturated carbocycles. The fourth-order valence-electron chi connectivity index (χ4n) is 3.17. The van der Waals surface area contributed by atoms with Gasteiger partial charge in [0.1, 0.15) is 17.3 Å². The Hall–Kier alpha value is -1.87. The molecule has 3 aromatic rings. The lowest BCUT2D eigenvalue weighted by Crippen LogP contribution is -2.21. The average Bonchev–Trinajstić information content (AvgIpc) is 3.38. The third-order valence-corrected chi connectivity index (χ3v) is 5.99. The lowest BCUT2D eigenvalue weighted by atomic mass is 10.2. The van der Waals surface area contributed by atoms with Gasteiger partial charge in [0.25, 0.3) is 6.43 Å². The normalized spacial score (nSPS) is 13.8. The van der Waals surface area contributed by atoms with Crippen molar-refractivity contribution >= 4 is 58.1 Å². The molecular weight excluding hydrogens is 494 g/mol. The summed E-state index contributed by atoms with van der Waals surface area (Å²) in [6.45, 7) is 0.0222. The number of hydrogen-bond acceptors (Lipinski definition) is 3. The van der Waals surface area contributed by atoms with E-state index in [0.717, 1.165) is 18.4 Å². The Morgan fingerprint density at radius 1 is 1.16 bits per heavy atom. The third-order valence-electron chi connectivity index (χ3n) is 4.74. The molecule has 0 radical (unpaired) electrons. The Balaban J connectivity index is 1.48. The lowest BCUT2D eigenvalue weighted by molar-refractivity contribution is -0.117. The standard InChI is InChI=1S/C19H15Cl4F2N5O/c20-11-4-3-10(12(21)5-11)6-29-7-13(22)19(28-29)26-14(31)8-30-17(9-1-2-9)15(23)16(27-30)18(24)25/h3-5,7,9,18H,1-2,6,8H2,(H,26,28,31). The Bertz CT molecular complexity index is 1140. The Kier molecular flexibility index (Phi) is 6.44. The molecule has 1 fully saturated rings. The van der Waals surface area contributed by atoms with Crippen molar-refractivity contribution < 1.29 is 13.6 Å². The van der Waals surface area contributed by atoms with Gasteiger partial charge < -0.3 is 5.32 Å². The maximum absolute atomic E-state index is 13.2. The number of alkyl halides is 2. The monoisotopic (exact) mass is 507 g/mol. The molecule has 31 heavy (non-hydrogen) atoms. The van der Waals surface area contributed by atoms with E-state index in [1.165, 1.54) is 15.6 Å². The number of halogens is 6. The van der Waals surface area contributed by atoms with Crippen LogP contribution in [0.4, 0.5) is 14.6 Å². The summed E-state index contributed by atoms with van der Waals surface area (Å²) in [5.74, 6) is -0.345. The van der Waals surface area contributed by atoms with E-state index in [4.69, 9.17) is 46.4 Å². The number of carbonyl (C=O) groups excluding carboxylic acids is 1. The first-order chi connectivity index (χ1) is 14.7. The van der Waals surface area contributed by atoms with E-state index in [-0.39, 0.29) is 28.3 Å². The molecule has 12 heteroatoms. The largest absolute Gasteiger partial charge is 0.306 e. The summed E-state index contributed by atoms with van der Waals surface area (Å²) in [5.41, 5.74) is 0.711. The van der Waals surface area contributed by atoms with Gasteiger partial charge in [0, 0.05) is 22.2 Å². The van der Waals surface area contributed by atoms with Gasteiger partial charge in [-0.1, -0.05) is 52.5 Å². The minimum atomic E-state index is -2.82. The zero-order chi connectivity index (χ0) is 22.3. The molecule has 1 aliphatic rings. The highest BCUT2D eigenvalue weighted by atomic mass is 35.5. The zero-order valence-corrected chi connectivity index (χ0v) is 18.8. The summed E-state index contributed by atoms with van der Waals surface area (Å²) in [7, 11) is 0. The highest BCUT2D eigenvalue weighted by Gasteiger charge is 2.34. The van der Waals surface area contributed by atoms with Gasteiger partial charge in [-0.3, -0.25) is 14.2 Å². The van der Waals surface area contributed by atoms with E-state index in [2.05, 4.69) is 15.5 Å². The van der Waals surface area contributed by atoms with Crippen LogP contribution in [-0.4, -0.2) is 25.5 Å². The first kappa shape index (κ1) is 22.3. The third kappa shape index (κ3) is 4.98. The Morgan fingerprint density at radius 3 is 2.55 bits per heavy atom. The van der Waals surface area contributed by atoms with Gasteiger partial charge in [0.05, 0.1) is 17.3 Å². The maximum Gasteiger partial charge on any atom is 0.283 e. The highest BCUT2D eigenvalue weighted by molar-refractivity contribution is 6.35. The van der Waals surface area contributed by atoms with Gasteiger partial charge in [-0.15, -0.1) is 0 Å². The first-order valence-corrected chi connectivity index (χ1v) is 10.7. The number of nitrogens with zero attached hydrogens (tertiary/aromatic N) is 4. The number of hydrogen-bond donors (Lipinski definition) is 1. The molecule has 0 aliphatic heterocycles. The van der Waals surface area contributed by atoms with E-state index in [1.807, 2.05) is 0 Å². The van der Waals surface area contributed by atoms with Crippen LogP contribution in [0.5, 0.6) is 0 Å². The second-order valence-electron chi connectivity index (χ2n) is 7.12. The van der Waals surface area contributed by atoms with Gasteiger partial charge in [-0.2, -0.15) is 10.2 Å². The summed E-state index contributed by atoms with van der Waals surface area (Å²) >= 11 is 24.4. The van der Waals surface area contributed by atoms with Crippen LogP contribution in [-0.2, 0) is 17.9 Å². The molecule has 2 heterocycles. The van der Waals surface area contributed by atoms with Crippen LogP contribution in [0.25, 0.3) is 0 Å². The van der Waals surface area contributed by atoms with Crippen molar-refractivity contribution in [1.29, 1.82) is 0 Å². The van der Waals surface area contributed by atoms with Crippen LogP contribution >= 0.6 is 46.4 Å². The van der Waals surface area contributed by atoms with Crippen LogP contribution in [0.2, 0.25) is 20.1 Å². The van der Waals surface area contributed by atoms with Gasteiger partial charge in [-0.05, 0) is 30.5 Å². The van der Waals surface area contributed by atoms with Crippen molar-refractivity contribution in [3.05, 3.63) is 61.4 Å². The van der Waals surface area contributed by atoms with E-state index in [1.54, 1.807) is 18.2 Å². The number of aromatic nitrogens is 4. The molecule has 164 valence electrons. The molecule has 0 saturated heterocycles. The number of amides is 1. The summed E-state index contributed by atoms with van der Waals surface area (Å²) in [4.78, 5) is 12.5. The van der Waals surface area contributed by atoms with Crippen LogP contribution < -0.4 is 5.32 Å². The second kappa shape index (κ2) is 8.94. The molecule has 2 aromatic heterocycles. The van der Waals surface area contributed by atoms with Crippen LogP contribution in [0.3, 0.4) is 0 Å². The molecule has 4 rings (SSSR count). The number of anilines is 1. The van der Waals surface area contributed by atoms with E-state index in [0.29, 0.717) is 22.3 Å². The zero-order valence-electron chi connectivity index (χ0n) is 15.8. The predicted octanol–water partition coefficient (Wildman–Crippen LogP) is 6.20. The number of rotatable bonds is 7. The smallest absolute Gasteiger partial charge is 0.283 e. The SMILES string of the molecule is O=C(Cn1nc(C(F)F)c(Cl)c1C1CC1)Nc1nn(Cc2ccc(Cl)cc2Cl)cc1Cl. The van der Waals surface area contributed by atoms with E-state index < -0.39 is 18.0 Å². The number of benzene rings is 1. The minimum Gasteiger partial charge on any atom is -0.306 e. The second-order valence-corrected chi connectivity index (χ2v) is 8.75. The van der Waals surface area contributed by atoms with Crippen molar-refractivity contribution in [1.82, 2.24) is 19.6 Å². The topological polar surface area (TPSA) is 64.7 Å².